The Morgan fingerprint density at radius 3 is 2.47 bits per heavy atom. The van der Waals surface area contributed by atoms with Crippen LogP contribution < -0.4 is 4.74 Å². The summed E-state index contributed by atoms with van der Waals surface area (Å²) in [4.78, 5) is 10.8. The topological polar surface area (TPSA) is 70.3 Å². The number of ether oxygens (including phenoxy) is 1. The molecule has 1 rings (SSSR count). The first-order valence-corrected chi connectivity index (χ1v) is 4.87. The molecular weight excluding hydrogens is 270 g/mol. The van der Waals surface area contributed by atoms with E-state index in [-0.39, 0.29) is 0 Å². The van der Waals surface area contributed by atoms with E-state index in [0.29, 0.717) is 6.92 Å². The van der Waals surface area contributed by atoms with Crippen LogP contribution in [0, 0.1) is 17.1 Å². The number of halogens is 4. The molecule has 0 spiro atoms. The molecule has 0 aliphatic heterocycles. The highest BCUT2D eigenvalue weighted by Gasteiger charge is 2.39. The highest BCUT2D eigenvalue weighted by atomic mass is 19.4. The molecule has 0 saturated carbocycles. The molecule has 0 aliphatic carbocycles. The molecule has 0 heterocycles. The zero-order valence-corrected chi connectivity index (χ0v) is 9.45. The summed E-state index contributed by atoms with van der Waals surface area (Å²) in [5, 5.41) is 17.3. The number of alkyl halides is 3. The van der Waals surface area contributed by atoms with Gasteiger partial charge in [-0.15, -0.1) is 0 Å². The largest absolute Gasteiger partial charge is 0.480 e. The molecule has 1 N–H and O–H groups in total. The number of hydrogen-bond donors (Lipinski definition) is 1. The summed E-state index contributed by atoms with van der Waals surface area (Å²) >= 11 is 0. The number of benzene rings is 1. The normalized spacial score (nSPS) is 12.6. The Balaban J connectivity index is 3.27. The fourth-order valence-corrected chi connectivity index (χ4v) is 1.20. The molecule has 19 heavy (non-hydrogen) atoms. The lowest BCUT2D eigenvalue weighted by atomic mass is 10.1. The second-order valence-corrected chi connectivity index (χ2v) is 3.52. The van der Waals surface area contributed by atoms with Gasteiger partial charge < -0.3 is 9.84 Å². The van der Waals surface area contributed by atoms with E-state index in [1.54, 1.807) is 0 Å². The van der Waals surface area contributed by atoms with E-state index in [1.807, 2.05) is 0 Å². The molecule has 1 atom stereocenters. The van der Waals surface area contributed by atoms with Gasteiger partial charge in [-0.05, 0) is 19.1 Å². The quantitative estimate of drug-likeness (QED) is 0.862. The summed E-state index contributed by atoms with van der Waals surface area (Å²) in [7, 11) is 0. The Morgan fingerprint density at radius 2 is 2.05 bits per heavy atom. The van der Waals surface area contributed by atoms with Crippen molar-refractivity contribution in [1.82, 2.24) is 0 Å². The molecule has 0 bridgehead atoms. The average molecular weight is 277 g/mol. The first kappa shape index (κ1) is 14.8. The van der Waals surface area contributed by atoms with Crippen LogP contribution in [0.2, 0.25) is 0 Å². The van der Waals surface area contributed by atoms with Gasteiger partial charge in [0, 0.05) is 0 Å². The zero-order chi connectivity index (χ0) is 14.8. The number of nitriles is 1. The van der Waals surface area contributed by atoms with E-state index < -0.39 is 40.9 Å². The first-order valence-electron chi connectivity index (χ1n) is 4.87. The highest BCUT2D eigenvalue weighted by molar-refractivity contribution is 5.91. The lowest BCUT2D eigenvalue weighted by Gasteiger charge is -2.19. The lowest BCUT2D eigenvalue weighted by Crippen LogP contribution is -2.31. The molecule has 0 amide bonds. The third-order valence-electron chi connectivity index (χ3n) is 2.20. The monoisotopic (exact) mass is 277 g/mol. The number of carbonyl (C=O) groups is 1. The minimum absolute atomic E-state index is 0.593. The summed E-state index contributed by atoms with van der Waals surface area (Å²) in [6.45, 7) is 0.655. The lowest BCUT2D eigenvalue weighted by molar-refractivity contribution is -0.189. The van der Waals surface area contributed by atoms with Crippen molar-refractivity contribution in [3.63, 3.8) is 0 Å². The SMILES string of the molecule is CC(Oc1ccc(C#N)c(F)c1C(=O)O)C(F)(F)F. The van der Waals surface area contributed by atoms with Gasteiger partial charge in [0.2, 0.25) is 0 Å². The van der Waals surface area contributed by atoms with Crippen molar-refractivity contribution >= 4 is 5.97 Å². The number of carboxylic acid groups (broad SMARTS) is 1. The van der Waals surface area contributed by atoms with Gasteiger partial charge in [-0.3, -0.25) is 0 Å². The van der Waals surface area contributed by atoms with E-state index in [4.69, 9.17) is 10.4 Å². The Kier molecular flexibility index (Phi) is 3.99. The van der Waals surface area contributed by atoms with Crippen LogP contribution in [0.3, 0.4) is 0 Å². The molecule has 1 aromatic rings. The maximum absolute atomic E-state index is 13.6. The number of hydrogen-bond acceptors (Lipinski definition) is 3. The minimum atomic E-state index is -4.72. The molecule has 0 radical (unpaired) electrons. The summed E-state index contributed by atoms with van der Waals surface area (Å²) in [5.74, 6) is -4.03. The van der Waals surface area contributed by atoms with Crippen LogP contribution in [0.15, 0.2) is 12.1 Å². The van der Waals surface area contributed by atoms with Gasteiger partial charge in [-0.1, -0.05) is 0 Å². The second-order valence-electron chi connectivity index (χ2n) is 3.52. The molecular formula is C11H7F4NO3. The van der Waals surface area contributed by atoms with E-state index in [9.17, 15) is 22.4 Å². The molecule has 1 aromatic carbocycles. The van der Waals surface area contributed by atoms with E-state index in [0.717, 1.165) is 12.1 Å². The number of aromatic carboxylic acids is 1. The van der Waals surface area contributed by atoms with Crippen molar-refractivity contribution in [2.45, 2.75) is 19.2 Å². The summed E-state index contributed by atoms with van der Waals surface area (Å²) in [6, 6.07) is 3.05. The number of carboxylic acids is 1. The van der Waals surface area contributed by atoms with Gasteiger partial charge in [-0.2, -0.15) is 18.4 Å². The van der Waals surface area contributed by atoms with Gasteiger partial charge in [0.05, 0.1) is 5.56 Å². The van der Waals surface area contributed by atoms with Gasteiger partial charge in [-0.25, -0.2) is 9.18 Å². The van der Waals surface area contributed by atoms with Crippen LogP contribution in [0.5, 0.6) is 5.75 Å². The minimum Gasteiger partial charge on any atom is -0.480 e. The van der Waals surface area contributed by atoms with Crippen molar-refractivity contribution < 1.29 is 32.2 Å². The van der Waals surface area contributed by atoms with Crippen molar-refractivity contribution in [2.75, 3.05) is 0 Å². The standard InChI is InChI=1S/C11H7F4NO3/c1-5(11(13,14)15)19-7-3-2-6(4-16)9(12)8(7)10(17)18/h2-3,5H,1H3,(H,17,18). The van der Waals surface area contributed by atoms with E-state index in [1.165, 1.54) is 6.07 Å². The third-order valence-corrected chi connectivity index (χ3v) is 2.20. The molecule has 8 heteroatoms. The van der Waals surface area contributed by atoms with Crippen molar-refractivity contribution in [2.24, 2.45) is 0 Å². The molecule has 0 aliphatic rings. The number of nitrogens with zero attached hydrogens (tertiary/aromatic N) is 1. The smallest absolute Gasteiger partial charge is 0.425 e. The Hall–Kier alpha value is -2.30. The average Bonchev–Trinajstić information content (AvgIpc) is 2.27. The van der Waals surface area contributed by atoms with Crippen molar-refractivity contribution in [3.8, 4) is 11.8 Å². The van der Waals surface area contributed by atoms with Crippen LogP contribution in [-0.4, -0.2) is 23.4 Å². The van der Waals surface area contributed by atoms with Crippen LogP contribution in [-0.2, 0) is 0 Å². The maximum atomic E-state index is 13.6. The van der Waals surface area contributed by atoms with Crippen LogP contribution in [0.25, 0.3) is 0 Å². The van der Waals surface area contributed by atoms with Gasteiger partial charge in [0.15, 0.2) is 11.9 Å². The van der Waals surface area contributed by atoms with Gasteiger partial charge >= 0.3 is 12.1 Å². The molecule has 0 saturated heterocycles. The number of rotatable bonds is 3. The highest BCUT2D eigenvalue weighted by Crippen LogP contribution is 2.29. The Morgan fingerprint density at radius 1 is 1.47 bits per heavy atom. The fraction of sp³-hybridized carbons (Fsp3) is 0.273. The van der Waals surface area contributed by atoms with E-state index >= 15 is 0 Å². The molecule has 4 nitrogen and oxygen atoms in total. The third kappa shape index (κ3) is 3.13. The van der Waals surface area contributed by atoms with Gasteiger partial charge in [0.1, 0.15) is 17.4 Å². The Bertz CT molecular complexity index is 548. The summed E-state index contributed by atoms with van der Waals surface area (Å²) in [6.07, 6.45) is -7.03. The van der Waals surface area contributed by atoms with Gasteiger partial charge in [0.25, 0.3) is 0 Å². The second kappa shape index (κ2) is 5.14. The van der Waals surface area contributed by atoms with Crippen LogP contribution in [0.4, 0.5) is 17.6 Å². The molecule has 102 valence electrons. The fourth-order valence-electron chi connectivity index (χ4n) is 1.20. The zero-order valence-electron chi connectivity index (χ0n) is 9.45. The van der Waals surface area contributed by atoms with Crippen molar-refractivity contribution in [1.29, 1.82) is 5.26 Å². The van der Waals surface area contributed by atoms with Crippen molar-refractivity contribution in [3.05, 3.63) is 29.1 Å². The summed E-state index contributed by atoms with van der Waals surface area (Å²) < 4.78 is 54.8. The van der Waals surface area contributed by atoms with E-state index in [2.05, 4.69) is 4.74 Å². The maximum Gasteiger partial charge on any atom is 0.425 e. The first-order chi connectivity index (χ1) is 8.68. The Labute approximate surface area is 104 Å². The predicted molar refractivity (Wildman–Crippen MR) is 54.2 cm³/mol. The predicted octanol–water partition coefficient (Wildman–Crippen LogP) is 2.73. The summed E-state index contributed by atoms with van der Waals surface area (Å²) in [5.41, 5.74) is -1.69. The molecule has 1 unspecified atom stereocenters. The van der Waals surface area contributed by atoms with Crippen LogP contribution in [0.1, 0.15) is 22.8 Å². The molecule has 0 aromatic heterocycles. The molecule has 0 fully saturated rings. The van der Waals surface area contributed by atoms with Crippen LogP contribution >= 0.6 is 0 Å².